The Morgan fingerprint density at radius 2 is 1.91 bits per heavy atom. The molecule has 5 nitrogen and oxygen atoms in total. The van der Waals surface area contributed by atoms with Gasteiger partial charge in [-0.05, 0) is 18.2 Å². The molecule has 23 heavy (non-hydrogen) atoms. The summed E-state index contributed by atoms with van der Waals surface area (Å²) in [5.74, 6) is 0.906. The molecular formula is C17H18N4OS. The first kappa shape index (κ1) is 14.3. The van der Waals surface area contributed by atoms with Crippen LogP contribution in [-0.4, -0.2) is 43.3 Å². The third-order valence-corrected chi connectivity index (χ3v) is 5.24. The molecule has 0 unspecified atom stereocenters. The highest BCUT2D eigenvalue weighted by atomic mass is 32.1. The molecule has 1 aliphatic rings. The van der Waals surface area contributed by atoms with Gasteiger partial charge in [-0.1, -0.05) is 17.4 Å². The summed E-state index contributed by atoms with van der Waals surface area (Å²) in [4.78, 5) is 13.6. The average molecular weight is 326 g/mol. The summed E-state index contributed by atoms with van der Waals surface area (Å²) in [5.41, 5.74) is 2.21. The molecule has 0 saturated carbocycles. The molecule has 0 amide bonds. The van der Waals surface area contributed by atoms with Crippen molar-refractivity contribution in [1.82, 2.24) is 9.97 Å². The molecule has 1 fully saturated rings. The fourth-order valence-corrected chi connectivity index (χ4v) is 3.85. The number of methoxy groups -OCH3 is 1. The Morgan fingerprint density at radius 1 is 1.09 bits per heavy atom. The predicted octanol–water partition coefficient (Wildman–Crippen LogP) is 3.03. The van der Waals surface area contributed by atoms with Crippen LogP contribution in [0.15, 0.2) is 42.7 Å². The van der Waals surface area contributed by atoms with Gasteiger partial charge in [0.15, 0.2) is 5.13 Å². The van der Waals surface area contributed by atoms with Crippen molar-refractivity contribution in [3.05, 3.63) is 42.7 Å². The van der Waals surface area contributed by atoms with Crippen molar-refractivity contribution in [3.63, 3.8) is 0 Å². The molecule has 0 spiro atoms. The van der Waals surface area contributed by atoms with Gasteiger partial charge in [-0.2, -0.15) is 0 Å². The third-order valence-electron chi connectivity index (χ3n) is 4.15. The molecular weight excluding hydrogens is 308 g/mol. The number of pyridine rings is 1. The first-order valence-corrected chi connectivity index (χ1v) is 8.49. The van der Waals surface area contributed by atoms with Crippen molar-refractivity contribution in [3.8, 4) is 5.75 Å². The number of nitrogens with zero attached hydrogens (tertiary/aromatic N) is 4. The van der Waals surface area contributed by atoms with Crippen molar-refractivity contribution in [2.24, 2.45) is 0 Å². The zero-order chi connectivity index (χ0) is 15.6. The average Bonchev–Trinajstić information content (AvgIpc) is 3.06. The van der Waals surface area contributed by atoms with E-state index in [1.807, 2.05) is 30.6 Å². The molecule has 0 radical (unpaired) electrons. The second kappa shape index (κ2) is 6.04. The lowest BCUT2D eigenvalue weighted by Gasteiger charge is -2.36. The molecule has 3 heterocycles. The van der Waals surface area contributed by atoms with Crippen molar-refractivity contribution >= 4 is 32.4 Å². The molecule has 0 N–H and O–H groups in total. The molecule has 3 aromatic rings. The summed E-state index contributed by atoms with van der Waals surface area (Å²) in [6, 6.07) is 10.3. The van der Waals surface area contributed by atoms with E-state index in [4.69, 9.17) is 9.72 Å². The topological polar surface area (TPSA) is 41.5 Å². The molecule has 2 aromatic heterocycles. The van der Waals surface area contributed by atoms with Gasteiger partial charge >= 0.3 is 0 Å². The Kier molecular flexibility index (Phi) is 3.75. The monoisotopic (exact) mass is 326 g/mol. The van der Waals surface area contributed by atoms with E-state index in [1.165, 1.54) is 10.4 Å². The second-order valence-electron chi connectivity index (χ2n) is 5.52. The Labute approximate surface area is 139 Å². The van der Waals surface area contributed by atoms with E-state index in [0.717, 1.165) is 42.6 Å². The number of aromatic nitrogens is 2. The van der Waals surface area contributed by atoms with Crippen LogP contribution in [0.1, 0.15) is 0 Å². The third kappa shape index (κ3) is 2.82. The number of anilines is 2. The standard InChI is InChI=1S/C17H18N4OS/c1-22-14-4-2-3-13(11-14)20-7-9-21(10-8-20)17-19-15-12-18-6-5-16(15)23-17/h2-6,11-12H,7-10H2,1H3. The van der Waals surface area contributed by atoms with Crippen LogP contribution < -0.4 is 14.5 Å². The SMILES string of the molecule is COc1cccc(N2CCN(c3nc4cnccc4s3)CC2)c1. The lowest BCUT2D eigenvalue weighted by Crippen LogP contribution is -2.46. The number of hydrogen-bond acceptors (Lipinski definition) is 6. The molecule has 118 valence electrons. The molecule has 0 atom stereocenters. The summed E-state index contributed by atoms with van der Waals surface area (Å²) in [6.45, 7) is 3.93. The zero-order valence-electron chi connectivity index (χ0n) is 13.0. The number of hydrogen-bond donors (Lipinski definition) is 0. The molecule has 1 aromatic carbocycles. The van der Waals surface area contributed by atoms with E-state index in [1.54, 1.807) is 18.4 Å². The Bertz CT molecular complexity index is 778. The maximum absolute atomic E-state index is 5.32. The van der Waals surface area contributed by atoms with Crippen molar-refractivity contribution in [2.75, 3.05) is 43.1 Å². The van der Waals surface area contributed by atoms with E-state index in [9.17, 15) is 0 Å². The lowest BCUT2D eigenvalue weighted by molar-refractivity contribution is 0.414. The van der Waals surface area contributed by atoms with Gasteiger partial charge < -0.3 is 14.5 Å². The quantitative estimate of drug-likeness (QED) is 0.740. The molecule has 1 saturated heterocycles. The van der Waals surface area contributed by atoms with Crippen LogP contribution in [0.25, 0.3) is 10.2 Å². The van der Waals surface area contributed by atoms with Gasteiger partial charge in [0.25, 0.3) is 0 Å². The first-order chi connectivity index (χ1) is 11.3. The predicted molar refractivity (Wildman–Crippen MR) is 94.8 cm³/mol. The minimum Gasteiger partial charge on any atom is -0.497 e. The summed E-state index contributed by atoms with van der Waals surface area (Å²) in [6.07, 6.45) is 3.66. The number of thiazole rings is 1. The summed E-state index contributed by atoms with van der Waals surface area (Å²) in [7, 11) is 1.71. The lowest BCUT2D eigenvalue weighted by atomic mass is 10.2. The number of rotatable bonds is 3. The van der Waals surface area contributed by atoms with Crippen molar-refractivity contribution < 1.29 is 4.74 Å². The Balaban J connectivity index is 1.48. The van der Waals surface area contributed by atoms with E-state index < -0.39 is 0 Å². The molecule has 6 heteroatoms. The number of piperazine rings is 1. The highest BCUT2D eigenvalue weighted by Gasteiger charge is 2.20. The highest BCUT2D eigenvalue weighted by Crippen LogP contribution is 2.29. The maximum atomic E-state index is 5.32. The zero-order valence-corrected chi connectivity index (χ0v) is 13.8. The number of ether oxygens (including phenoxy) is 1. The number of benzene rings is 1. The van der Waals surface area contributed by atoms with Gasteiger partial charge in [-0.25, -0.2) is 4.98 Å². The van der Waals surface area contributed by atoms with Crippen LogP contribution in [0.3, 0.4) is 0 Å². The van der Waals surface area contributed by atoms with Crippen LogP contribution in [-0.2, 0) is 0 Å². The van der Waals surface area contributed by atoms with Gasteiger partial charge in [0.1, 0.15) is 11.3 Å². The van der Waals surface area contributed by atoms with E-state index in [-0.39, 0.29) is 0 Å². The molecule has 0 bridgehead atoms. The van der Waals surface area contributed by atoms with Gasteiger partial charge in [0.2, 0.25) is 0 Å². The Morgan fingerprint density at radius 3 is 2.70 bits per heavy atom. The fraction of sp³-hybridized carbons (Fsp3) is 0.294. The van der Waals surface area contributed by atoms with E-state index in [0.29, 0.717) is 0 Å². The summed E-state index contributed by atoms with van der Waals surface area (Å²) < 4.78 is 6.52. The maximum Gasteiger partial charge on any atom is 0.186 e. The minimum atomic E-state index is 0.906. The van der Waals surface area contributed by atoms with Gasteiger partial charge in [0.05, 0.1) is 18.0 Å². The summed E-state index contributed by atoms with van der Waals surface area (Å²) >= 11 is 1.74. The second-order valence-corrected chi connectivity index (χ2v) is 6.52. The number of fused-ring (bicyclic) bond motifs is 1. The van der Waals surface area contributed by atoms with Gasteiger partial charge in [0, 0.05) is 44.1 Å². The van der Waals surface area contributed by atoms with Crippen molar-refractivity contribution in [1.29, 1.82) is 0 Å². The molecule has 1 aliphatic heterocycles. The Hall–Kier alpha value is -2.34. The highest BCUT2D eigenvalue weighted by molar-refractivity contribution is 7.22. The summed E-state index contributed by atoms with van der Waals surface area (Å²) in [5, 5.41) is 1.10. The molecule has 0 aliphatic carbocycles. The van der Waals surface area contributed by atoms with Crippen LogP contribution in [0.4, 0.5) is 10.8 Å². The van der Waals surface area contributed by atoms with Crippen LogP contribution in [0.5, 0.6) is 5.75 Å². The largest absolute Gasteiger partial charge is 0.497 e. The van der Waals surface area contributed by atoms with Crippen LogP contribution in [0, 0.1) is 0 Å². The van der Waals surface area contributed by atoms with Crippen LogP contribution in [0.2, 0.25) is 0 Å². The first-order valence-electron chi connectivity index (χ1n) is 7.68. The normalized spacial score (nSPS) is 15.2. The smallest absolute Gasteiger partial charge is 0.186 e. The minimum absolute atomic E-state index is 0.906. The van der Waals surface area contributed by atoms with Gasteiger partial charge in [-0.15, -0.1) is 0 Å². The van der Waals surface area contributed by atoms with E-state index >= 15 is 0 Å². The van der Waals surface area contributed by atoms with E-state index in [2.05, 4.69) is 26.9 Å². The van der Waals surface area contributed by atoms with Crippen LogP contribution >= 0.6 is 11.3 Å². The van der Waals surface area contributed by atoms with Crippen molar-refractivity contribution in [2.45, 2.75) is 0 Å². The fourth-order valence-electron chi connectivity index (χ4n) is 2.87. The van der Waals surface area contributed by atoms with Gasteiger partial charge in [-0.3, -0.25) is 4.98 Å². The molecule has 4 rings (SSSR count).